The van der Waals surface area contributed by atoms with Crippen LogP contribution in [0.5, 0.6) is 5.75 Å². The van der Waals surface area contributed by atoms with Gasteiger partial charge in [-0.25, -0.2) is 14.4 Å². The maximum absolute atomic E-state index is 14.5. The smallest absolute Gasteiger partial charge is 0.261 e. The average Bonchev–Trinajstić information content (AvgIpc) is 2.74. The number of nitrogens with zero attached hydrogens (tertiary/aromatic N) is 3. The highest BCUT2D eigenvalue weighted by molar-refractivity contribution is 6.29. The highest BCUT2D eigenvalue weighted by atomic mass is 35.5. The van der Waals surface area contributed by atoms with Gasteiger partial charge in [0.05, 0.1) is 5.56 Å². The lowest BCUT2D eigenvalue weighted by molar-refractivity contribution is 0.393. The fourth-order valence-electron chi connectivity index (χ4n) is 2.82. The van der Waals surface area contributed by atoms with Crippen molar-refractivity contribution in [2.75, 3.05) is 0 Å². The minimum Gasteiger partial charge on any atom is -0.438 e. The Morgan fingerprint density at radius 3 is 2.74 bits per heavy atom. The molecule has 1 heterocycles. The van der Waals surface area contributed by atoms with Gasteiger partial charge in [0.25, 0.3) is 5.56 Å². The normalized spacial score (nSPS) is 11.6. The van der Waals surface area contributed by atoms with E-state index >= 15 is 0 Å². The number of nitrogens with two attached hydrogens (primary N) is 1. The van der Waals surface area contributed by atoms with Crippen LogP contribution in [-0.4, -0.2) is 15.8 Å². The molecular formula is C23H20ClFN4O2. The van der Waals surface area contributed by atoms with E-state index in [9.17, 15) is 9.18 Å². The second-order valence-corrected chi connectivity index (χ2v) is 7.02. The molecule has 2 aromatic carbocycles. The minimum absolute atomic E-state index is 0.0737. The van der Waals surface area contributed by atoms with E-state index in [1.54, 1.807) is 13.1 Å². The molecule has 8 heteroatoms. The number of aromatic nitrogens is 2. The van der Waals surface area contributed by atoms with Gasteiger partial charge < -0.3 is 10.5 Å². The van der Waals surface area contributed by atoms with E-state index in [0.29, 0.717) is 17.8 Å². The van der Waals surface area contributed by atoms with Crippen LogP contribution in [0.2, 0.25) is 0 Å². The van der Waals surface area contributed by atoms with E-state index in [0.717, 1.165) is 5.56 Å². The SMILES string of the molecule is C=C(Cl)/N=C\C=C(/N)Oc1ccc(-c2cnc(Cc3ccccc3)n(C)c2=O)cc1F. The standard InChI is InChI=1S/C23H20ClFN4O2/c1-15(24)27-11-10-21(26)31-20-9-8-17(13-19(20)25)18-14-28-22(29(2)23(18)30)12-16-6-4-3-5-7-16/h3-11,13-14H,1,12,26H2,2H3/b21-10+,27-11-. The van der Waals surface area contributed by atoms with Gasteiger partial charge in [-0.1, -0.05) is 54.6 Å². The Morgan fingerprint density at radius 2 is 2.06 bits per heavy atom. The van der Waals surface area contributed by atoms with E-state index in [2.05, 4.69) is 16.6 Å². The molecule has 0 saturated heterocycles. The zero-order valence-electron chi connectivity index (χ0n) is 16.8. The molecule has 3 rings (SSSR count). The number of halogens is 2. The maximum Gasteiger partial charge on any atom is 0.261 e. The molecule has 0 aliphatic carbocycles. The van der Waals surface area contributed by atoms with E-state index in [1.807, 2.05) is 30.3 Å². The molecule has 0 bridgehead atoms. The number of benzene rings is 2. The second-order valence-electron chi connectivity index (χ2n) is 6.59. The number of hydrogen-bond acceptors (Lipinski definition) is 5. The minimum atomic E-state index is -0.678. The van der Waals surface area contributed by atoms with Crippen LogP contribution >= 0.6 is 11.6 Å². The summed E-state index contributed by atoms with van der Waals surface area (Å²) in [5.74, 6) is -0.250. The Hall–Kier alpha value is -3.71. The lowest BCUT2D eigenvalue weighted by atomic mass is 10.1. The van der Waals surface area contributed by atoms with Crippen LogP contribution in [0.1, 0.15) is 11.4 Å². The van der Waals surface area contributed by atoms with E-state index in [-0.39, 0.29) is 27.9 Å². The molecule has 3 aromatic rings. The topological polar surface area (TPSA) is 82.5 Å². The van der Waals surface area contributed by atoms with Crippen molar-refractivity contribution >= 4 is 17.8 Å². The quantitative estimate of drug-likeness (QED) is 0.341. The first-order chi connectivity index (χ1) is 14.8. The Bertz CT molecular complexity index is 1220. The van der Waals surface area contributed by atoms with Crippen LogP contribution < -0.4 is 16.0 Å². The third-order valence-electron chi connectivity index (χ3n) is 4.39. The number of rotatable bonds is 7. The molecule has 31 heavy (non-hydrogen) atoms. The zero-order valence-corrected chi connectivity index (χ0v) is 17.5. The van der Waals surface area contributed by atoms with Crippen LogP contribution in [0.15, 0.2) is 88.2 Å². The summed E-state index contributed by atoms with van der Waals surface area (Å²) < 4.78 is 21.3. The first-order valence-electron chi connectivity index (χ1n) is 9.26. The van der Waals surface area contributed by atoms with Gasteiger partial charge in [-0.3, -0.25) is 9.36 Å². The number of hydrogen-bond donors (Lipinski definition) is 1. The molecule has 0 aliphatic rings. The van der Waals surface area contributed by atoms with E-state index in [4.69, 9.17) is 22.1 Å². The lowest BCUT2D eigenvalue weighted by Crippen LogP contribution is -2.23. The third-order valence-corrected chi connectivity index (χ3v) is 4.49. The van der Waals surface area contributed by atoms with E-state index < -0.39 is 5.82 Å². The number of aliphatic imine (C=N–C) groups is 1. The predicted octanol–water partition coefficient (Wildman–Crippen LogP) is 4.14. The van der Waals surface area contributed by atoms with Crippen molar-refractivity contribution in [2.24, 2.45) is 17.8 Å². The van der Waals surface area contributed by atoms with Crippen LogP contribution in [0, 0.1) is 5.82 Å². The van der Waals surface area contributed by atoms with Gasteiger partial charge in [0.15, 0.2) is 17.4 Å². The van der Waals surface area contributed by atoms with Crippen molar-refractivity contribution < 1.29 is 9.13 Å². The molecule has 158 valence electrons. The summed E-state index contributed by atoms with van der Waals surface area (Å²) >= 11 is 5.50. The van der Waals surface area contributed by atoms with Crippen LogP contribution in [-0.2, 0) is 13.5 Å². The number of ether oxygens (including phenoxy) is 1. The van der Waals surface area contributed by atoms with Gasteiger partial charge in [-0.15, -0.1) is 0 Å². The second kappa shape index (κ2) is 9.86. The molecule has 0 unspecified atom stereocenters. The summed E-state index contributed by atoms with van der Waals surface area (Å²) in [6.45, 7) is 3.39. The third kappa shape index (κ3) is 5.67. The monoisotopic (exact) mass is 438 g/mol. The van der Waals surface area contributed by atoms with Gasteiger partial charge in [0, 0.05) is 32.0 Å². The summed E-state index contributed by atoms with van der Waals surface area (Å²) in [7, 11) is 1.65. The largest absolute Gasteiger partial charge is 0.438 e. The van der Waals surface area contributed by atoms with Crippen molar-refractivity contribution in [3.8, 4) is 16.9 Å². The molecule has 0 fully saturated rings. The van der Waals surface area contributed by atoms with Crippen molar-refractivity contribution in [3.05, 3.63) is 106 Å². The molecule has 2 N–H and O–H groups in total. The average molecular weight is 439 g/mol. The van der Waals surface area contributed by atoms with Gasteiger partial charge >= 0.3 is 0 Å². The van der Waals surface area contributed by atoms with Gasteiger partial charge in [0.2, 0.25) is 0 Å². The van der Waals surface area contributed by atoms with Crippen molar-refractivity contribution in [1.82, 2.24) is 9.55 Å². The first-order valence-corrected chi connectivity index (χ1v) is 9.64. The van der Waals surface area contributed by atoms with Crippen molar-refractivity contribution in [1.29, 1.82) is 0 Å². The molecule has 0 aliphatic heterocycles. The Kier molecular flexibility index (Phi) is 6.99. The van der Waals surface area contributed by atoms with Crippen LogP contribution in [0.4, 0.5) is 4.39 Å². The predicted molar refractivity (Wildman–Crippen MR) is 121 cm³/mol. The van der Waals surface area contributed by atoms with Gasteiger partial charge in [-0.2, -0.15) is 0 Å². The maximum atomic E-state index is 14.5. The zero-order chi connectivity index (χ0) is 22.4. The fraction of sp³-hybridized carbons (Fsp3) is 0.0870. The Morgan fingerprint density at radius 1 is 1.32 bits per heavy atom. The summed E-state index contributed by atoms with van der Waals surface area (Å²) in [6.07, 6.45) is 4.56. The molecule has 0 amide bonds. The molecule has 0 atom stereocenters. The summed E-state index contributed by atoms with van der Waals surface area (Å²) in [6, 6.07) is 13.9. The van der Waals surface area contributed by atoms with E-state index in [1.165, 1.54) is 35.2 Å². The van der Waals surface area contributed by atoms with Crippen LogP contribution in [0.25, 0.3) is 11.1 Å². The summed E-state index contributed by atoms with van der Waals surface area (Å²) in [4.78, 5) is 20.9. The highest BCUT2D eigenvalue weighted by Gasteiger charge is 2.13. The van der Waals surface area contributed by atoms with Crippen molar-refractivity contribution in [3.63, 3.8) is 0 Å². The molecule has 1 aromatic heterocycles. The first kappa shape index (κ1) is 22.0. The molecular weight excluding hydrogens is 419 g/mol. The highest BCUT2D eigenvalue weighted by Crippen LogP contribution is 2.24. The fourth-order valence-corrected chi connectivity index (χ4v) is 2.88. The number of allylic oxidation sites excluding steroid dienone is 1. The van der Waals surface area contributed by atoms with Crippen molar-refractivity contribution in [2.45, 2.75) is 6.42 Å². The lowest BCUT2D eigenvalue weighted by Gasteiger charge is -2.11. The summed E-state index contributed by atoms with van der Waals surface area (Å²) in [5, 5.41) is 0.0737. The molecule has 0 spiro atoms. The van der Waals surface area contributed by atoms with Gasteiger partial charge in [0.1, 0.15) is 11.0 Å². The molecule has 0 saturated carbocycles. The van der Waals surface area contributed by atoms with Gasteiger partial charge in [-0.05, 0) is 23.3 Å². The Balaban J connectivity index is 1.83. The molecule has 0 radical (unpaired) electrons. The van der Waals surface area contributed by atoms with Crippen LogP contribution in [0.3, 0.4) is 0 Å². The molecule has 6 nitrogen and oxygen atoms in total. The summed E-state index contributed by atoms with van der Waals surface area (Å²) in [5.41, 5.74) is 7.10. The Labute approximate surface area is 183 Å².